The van der Waals surface area contributed by atoms with Gasteiger partial charge in [0, 0.05) is 39.8 Å². The predicted molar refractivity (Wildman–Crippen MR) is 177 cm³/mol. The van der Waals surface area contributed by atoms with E-state index in [1.807, 2.05) is 92.0 Å². The molecule has 4 N–H and O–H groups in total. The van der Waals surface area contributed by atoms with Gasteiger partial charge in [0.1, 0.15) is 5.82 Å². The molecule has 1 aliphatic heterocycles. The third-order valence-corrected chi connectivity index (χ3v) is 8.52. The maximum Gasteiger partial charge on any atom is 0.324 e. The zero-order valence-electron chi connectivity index (χ0n) is 25.8. The highest BCUT2D eigenvalue weighted by atomic mass is 16.2. The summed E-state index contributed by atoms with van der Waals surface area (Å²) in [6, 6.07) is 25.1. The molecule has 0 bridgehead atoms. The first kappa shape index (κ1) is 29.4. The number of nitrogens with zero attached hydrogens (tertiary/aromatic N) is 2. The van der Waals surface area contributed by atoms with E-state index in [1.54, 1.807) is 4.68 Å². The highest BCUT2D eigenvalue weighted by Gasteiger charge is 2.33. The van der Waals surface area contributed by atoms with E-state index < -0.39 is 11.9 Å². The molecular formula is C36H40N6O2. The molecule has 2 aromatic heterocycles. The molecule has 1 aliphatic rings. The summed E-state index contributed by atoms with van der Waals surface area (Å²) >= 11 is 0. The van der Waals surface area contributed by atoms with E-state index >= 15 is 0 Å². The Balaban J connectivity index is 1.32. The van der Waals surface area contributed by atoms with Crippen LogP contribution in [0, 0.1) is 12.8 Å². The van der Waals surface area contributed by atoms with Gasteiger partial charge in [-0.05, 0) is 86.8 Å². The molecule has 8 heteroatoms. The lowest BCUT2D eigenvalue weighted by molar-refractivity contribution is 0.0916. The Labute approximate surface area is 258 Å². The molecule has 226 valence electrons. The van der Waals surface area contributed by atoms with E-state index in [0.717, 1.165) is 59.3 Å². The number of benzene rings is 3. The Bertz CT molecular complexity index is 1790. The number of amides is 2. The van der Waals surface area contributed by atoms with Crippen molar-refractivity contribution in [1.29, 1.82) is 0 Å². The maximum absolute atomic E-state index is 14.3. The van der Waals surface area contributed by atoms with E-state index in [-0.39, 0.29) is 17.1 Å². The molecule has 0 spiro atoms. The third-order valence-electron chi connectivity index (χ3n) is 8.52. The summed E-state index contributed by atoms with van der Waals surface area (Å²) in [6.07, 6.45) is 3.65. The second kappa shape index (κ2) is 12.1. The van der Waals surface area contributed by atoms with Gasteiger partial charge in [-0.15, -0.1) is 0 Å². The second-order valence-corrected chi connectivity index (χ2v) is 12.8. The minimum Gasteiger partial charge on any atom is -0.361 e. The fourth-order valence-electron chi connectivity index (χ4n) is 6.04. The number of para-hydroxylation sites is 1. The number of aryl methyl sites for hydroxylation is 1. The van der Waals surface area contributed by atoms with Gasteiger partial charge in [-0.25, -0.2) is 9.48 Å². The second-order valence-electron chi connectivity index (χ2n) is 12.8. The number of aromatic amines is 1. The number of nitrogens with one attached hydrogen (secondary N) is 4. The predicted octanol–water partition coefficient (Wildman–Crippen LogP) is 7.57. The summed E-state index contributed by atoms with van der Waals surface area (Å²) in [5.41, 5.74) is 5.79. The van der Waals surface area contributed by atoms with Crippen molar-refractivity contribution in [2.24, 2.45) is 5.92 Å². The van der Waals surface area contributed by atoms with Crippen LogP contribution in [0.3, 0.4) is 0 Å². The highest BCUT2D eigenvalue weighted by molar-refractivity contribution is 6.06. The number of ketones is 1. The van der Waals surface area contributed by atoms with Crippen molar-refractivity contribution in [3.63, 3.8) is 0 Å². The van der Waals surface area contributed by atoms with Crippen molar-refractivity contribution in [3.8, 4) is 5.69 Å². The maximum atomic E-state index is 14.3. The number of rotatable bonds is 7. The molecule has 8 nitrogen and oxygen atoms in total. The lowest BCUT2D eigenvalue weighted by Gasteiger charge is -2.31. The number of Topliss-reactive ketones (excluding diaryl/α,β-unsaturated/α-hetero) is 1. The van der Waals surface area contributed by atoms with Crippen LogP contribution in [0.2, 0.25) is 0 Å². The Kier molecular flexibility index (Phi) is 8.10. The van der Waals surface area contributed by atoms with E-state index in [4.69, 9.17) is 5.10 Å². The van der Waals surface area contributed by atoms with E-state index in [2.05, 4.69) is 41.7 Å². The summed E-state index contributed by atoms with van der Waals surface area (Å²) in [6.45, 7) is 10.1. The van der Waals surface area contributed by atoms with Crippen LogP contribution in [0.15, 0.2) is 85.1 Å². The van der Waals surface area contributed by atoms with E-state index in [1.165, 1.54) is 0 Å². The van der Waals surface area contributed by atoms with Gasteiger partial charge in [0.25, 0.3) is 0 Å². The number of carbonyl (C=O) groups is 2. The SMILES string of the molecule is Cc1ccc(-n2nc(C(C)(C)C)cc2NC(=O)Nc2ccccc2C(C(=O)c2ccc3[nH]ccc3c2)C2CCNCC2)cc1. The largest absolute Gasteiger partial charge is 0.361 e. The number of piperidine rings is 1. The van der Waals surface area contributed by atoms with Crippen molar-refractivity contribution >= 4 is 34.2 Å². The molecule has 1 atom stereocenters. The van der Waals surface area contributed by atoms with Crippen molar-refractivity contribution in [2.75, 3.05) is 23.7 Å². The number of aromatic nitrogens is 3. The van der Waals surface area contributed by atoms with Gasteiger partial charge < -0.3 is 15.6 Å². The van der Waals surface area contributed by atoms with Gasteiger partial charge >= 0.3 is 6.03 Å². The van der Waals surface area contributed by atoms with E-state index in [9.17, 15) is 9.59 Å². The summed E-state index contributed by atoms with van der Waals surface area (Å²) in [7, 11) is 0. The van der Waals surface area contributed by atoms with Crippen molar-refractivity contribution in [3.05, 3.63) is 107 Å². The van der Waals surface area contributed by atoms with Gasteiger partial charge in [0.15, 0.2) is 5.78 Å². The molecule has 1 unspecified atom stereocenters. The van der Waals surface area contributed by atoms with Gasteiger partial charge in [-0.1, -0.05) is 56.7 Å². The Morgan fingerprint density at radius 1 is 0.932 bits per heavy atom. The molecule has 2 amide bonds. The number of H-pyrrole nitrogens is 1. The smallest absolute Gasteiger partial charge is 0.324 e. The molecule has 0 radical (unpaired) electrons. The molecule has 3 aromatic carbocycles. The first-order valence-corrected chi connectivity index (χ1v) is 15.3. The minimum atomic E-state index is -0.393. The van der Waals surface area contributed by atoms with Crippen molar-refractivity contribution in [2.45, 2.75) is 51.9 Å². The number of hydrogen-bond donors (Lipinski definition) is 4. The summed E-state index contributed by atoms with van der Waals surface area (Å²) in [5, 5.41) is 15.4. The van der Waals surface area contributed by atoms with Gasteiger partial charge in [-0.2, -0.15) is 5.10 Å². The number of hydrogen-bond acceptors (Lipinski definition) is 4. The summed E-state index contributed by atoms with van der Waals surface area (Å²) < 4.78 is 1.77. The molecule has 0 saturated carbocycles. The number of urea groups is 1. The van der Waals surface area contributed by atoms with Crippen LogP contribution in [-0.4, -0.2) is 39.7 Å². The fourth-order valence-corrected chi connectivity index (χ4v) is 6.04. The van der Waals surface area contributed by atoms with Crippen LogP contribution < -0.4 is 16.0 Å². The standard InChI is InChI=1S/C36H40N6O2/c1-23-9-12-27(13-10-23)42-32(22-31(41-42)36(2,3)4)40-35(44)39-30-8-6-5-7-28(30)33(24-15-18-37-19-16-24)34(43)26-11-14-29-25(21-26)17-20-38-29/h5-14,17,20-22,24,33,37-38H,15-16,18-19H2,1-4H3,(H2,39,40,44). The van der Waals surface area contributed by atoms with Gasteiger partial charge in [-0.3, -0.25) is 10.1 Å². The minimum absolute atomic E-state index is 0.0712. The quantitative estimate of drug-likeness (QED) is 0.147. The number of carbonyl (C=O) groups excluding carboxylic acids is 2. The Hall–Kier alpha value is -4.69. The lowest BCUT2D eigenvalue weighted by Crippen LogP contribution is -2.34. The topological polar surface area (TPSA) is 104 Å². The molecular weight excluding hydrogens is 548 g/mol. The molecule has 5 aromatic rings. The van der Waals surface area contributed by atoms with Crippen molar-refractivity contribution < 1.29 is 9.59 Å². The zero-order chi connectivity index (χ0) is 30.8. The third kappa shape index (κ3) is 6.17. The zero-order valence-corrected chi connectivity index (χ0v) is 25.8. The first-order chi connectivity index (χ1) is 21.2. The summed E-state index contributed by atoms with van der Waals surface area (Å²) in [5.74, 6) is 0.394. The highest BCUT2D eigenvalue weighted by Crippen LogP contribution is 2.38. The Morgan fingerprint density at radius 2 is 1.68 bits per heavy atom. The molecule has 6 rings (SSSR count). The van der Waals surface area contributed by atoms with Gasteiger partial charge in [0.2, 0.25) is 0 Å². The Morgan fingerprint density at radius 3 is 2.43 bits per heavy atom. The number of fused-ring (bicyclic) bond motifs is 1. The average Bonchev–Trinajstić information content (AvgIpc) is 3.66. The summed E-state index contributed by atoms with van der Waals surface area (Å²) in [4.78, 5) is 31.1. The first-order valence-electron chi connectivity index (χ1n) is 15.3. The lowest BCUT2D eigenvalue weighted by atomic mass is 9.75. The molecule has 0 aliphatic carbocycles. The van der Waals surface area contributed by atoms with Crippen LogP contribution in [0.4, 0.5) is 16.3 Å². The molecule has 1 saturated heterocycles. The fraction of sp³-hybridized carbons (Fsp3) is 0.306. The normalized spacial score (nSPS) is 14.8. The monoisotopic (exact) mass is 588 g/mol. The van der Waals surface area contributed by atoms with Crippen LogP contribution in [0.5, 0.6) is 0 Å². The molecule has 44 heavy (non-hydrogen) atoms. The molecule has 1 fully saturated rings. The van der Waals surface area contributed by atoms with Crippen LogP contribution in [-0.2, 0) is 5.41 Å². The number of anilines is 2. The van der Waals surface area contributed by atoms with Crippen LogP contribution >= 0.6 is 0 Å². The van der Waals surface area contributed by atoms with Crippen LogP contribution in [0.1, 0.15) is 66.7 Å². The van der Waals surface area contributed by atoms with Gasteiger partial charge in [0.05, 0.1) is 17.3 Å². The van der Waals surface area contributed by atoms with Crippen LogP contribution in [0.25, 0.3) is 16.6 Å². The average molecular weight is 589 g/mol. The molecule has 3 heterocycles. The van der Waals surface area contributed by atoms with E-state index in [0.29, 0.717) is 17.1 Å². The van der Waals surface area contributed by atoms with Crippen molar-refractivity contribution in [1.82, 2.24) is 20.1 Å².